The molecule has 1 amide bonds. The van der Waals surface area contributed by atoms with E-state index >= 15 is 0 Å². The number of carbonyl (C=O) groups is 1. The summed E-state index contributed by atoms with van der Waals surface area (Å²) in [5.74, 6) is -2.24. The number of nitrogen functional groups attached to an aromatic ring is 1. The molecule has 0 saturated heterocycles. The summed E-state index contributed by atoms with van der Waals surface area (Å²) in [5.41, 5.74) is 6.05. The van der Waals surface area contributed by atoms with Crippen LogP contribution in [0.2, 0.25) is 0 Å². The minimum atomic E-state index is -0.895. The first-order valence-corrected chi connectivity index (χ1v) is 6.23. The van der Waals surface area contributed by atoms with Gasteiger partial charge in [0.05, 0.1) is 17.9 Å². The molecule has 108 valence electrons. The standard InChI is InChI=1S/C14H16F2N2O2/c1-20-8-9-2-4-18(5-3-9)14(19)10-6-13(17)12(16)7-11(10)15/h2,6-7H,3-5,8,17H2,1H3. The lowest BCUT2D eigenvalue weighted by Crippen LogP contribution is -2.35. The Morgan fingerprint density at radius 2 is 2.15 bits per heavy atom. The lowest BCUT2D eigenvalue weighted by molar-refractivity contribution is 0.0760. The van der Waals surface area contributed by atoms with Crippen LogP contribution in [0.5, 0.6) is 0 Å². The van der Waals surface area contributed by atoms with E-state index in [9.17, 15) is 13.6 Å². The summed E-state index contributed by atoms with van der Waals surface area (Å²) in [7, 11) is 1.61. The molecular formula is C14H16F2N2O2. The van der Waals surface area contributed by atoms with Crippen molar-refractivity contribution in [3.63, 3.8) is 0 Å². The van der Waals surface area contributed by atoms with Gasteiger partial charge in [0, 0.05) is 26.3 Å². The Bertz CT molecular complexity index is 558. The molecule has 0 aromatic heterocycles. The summed E-state index contributed by atoms with van der Waals surface area (Å²) in [6.45, 7) is 1.39. The zero-order valence-corrected chi connectivity index (χ0v) is 11.2. The van der Waals surface area contributed by atoms with E-state index < -0.39 is 17.5 Å². The molecule has 0 atom stereocenters. The molecule has 1 aliphatic rings. The first-order valence-electron chi connectivity index (χ1n) is 6.23. The number of benzene rings is 1. The van der Waals surface area contributed by atoms with Gasteiger partial charge < -0.3 is 15.4 Å². The molecule has 1 aliphatic heterocycles. The minimum Gasteiger partial charge on any atom is -0.396 e. The number of halogens is 2. The van der Waals surface area contributed by atoms with E-state index in [1.54, 1.807) is 7.11 Å². The summed E-state index contributed by atoms with van der Waals surface area (Å²) in [5, 5.41) is 0. The van der Waals surface area contributed by atoms with Crippen molar-refractivity contribution in [2.45, 2.75) is 6.42 Å². The third-order valence-electron chi connectivity index (χ3n) is 3.24. The Morgan fingerprint density at radius 1 is 1.40 bits per heavy atom. The van der Waals surface area contributed by atoms with Crippen molar-refractivity contribution < 1.29 is 18.3 Å². The van der Waals surface area contributed by atoms with Crippen LogP contribution >= 0.6 is 0 Å². The quantitative estimate of drug-likeness (QED) is 0.681. The van der Waals surface area contributed by atoms with Gasteiger partial charge in [0.1, 0.15) is 11.6 Å². The Kier molecular flexibility index (Phi) is 4.34. The molecule has 0 unspecified atom stereocenters. The molecule has 0 aliphatic carbocycles. The highest BCUT2D eigenvalue weighted by atomic mass is 19.1. The van der Waals surface area contributed by atoms with Gasteiger partial charge in [-0.3, -0.25) is 4.79 Å². The number of methoxy groups -OCH3 is 1. The highest BCUT2D eigenvalue weighted by Gasteiger charge is 2.22. The first-order chi connectivity index (χ1) is 9.52. The van der Waals surface area contributed by atoms with Gasteiger partial charge in [-0.15, -0.1) is 0 Å². The van der Waals surface area contributed by atoms with Gasteiger partial charge in [-0.25, -0.2) is 8.78 Å². The van der Waals surface area contributed by atoms with Crippen molar-refractivity contribution in [1.82, 2.24) is 4.90 Å². The summed E-state index contributed by atoms with van der Waals surface area (Å²) in [6, 6.07) is 1.68. The Hall–Kier alpha value is -1.95. The Morgan fingerprint density at radius 3 is 2.75 bits per heavy atom. The van der Waals surface area contributed by atoms with Crippen LogP contribution in [0.15, 0.2) is 23.8 Å². The minimum absolute atomic E-state index is 0.201. The SMILES string of the molecule is COCC1=CCN(C(=O)c2cc(N)c(F)cc2F)CC1. The fourth-order valence-electron chi connectivity index (χ4n) is 2.11. The number of amides is 1. The molecule has 6 heteroatoms. The van der Waals surface area contributed by atoms with E-state index in [0.29, 0.717) is 32.2 Å². The van der Waals surface area contributed by atoms with Crippen LogP contribution in [0.1, 0.15) is 16.8 Å². The van der Waals surface area contributed by atoms with Crippen LogP contribution in [0, 0.1) is 11.6 Å². The molecule has 0 fully saturated rings. The maximum atomic E-state index is 13.7. The van der Waals surface area contributed by atoms with Crippen molar-refractivity contribution >= 4 is 11.6 Å². The normalized spacial score (nSPS) is 15.2. The lowest BCUT2D eigenvalue weighted by Gasteiger charge is -2.26. The van der Waals surface area contributed by atoms with Gasteiger partial charge in [0.15, 0.2) is 0 Å². The average Bonchev–Trinajstić information content (AvgIpc) is 2.43. The second kappa shape index (κ2) is 6.00. The van der Waals surface area contributed by atoms with Crippen LogP contribution in [0.25, 0.3) is 0 Å². The molecule has 2 rings (SSSR count). The monoisotopic (exact) mass is 282 g/mol. The maximum absolute atomic E-state index is 13.7. The number of carbonyl (C=O) groups excluding carboxylic acids is 1. The van der Waals surface area contributed by atoms with Crippen LogP contribution in [0.4, 0.5) is 14.5 Å². The average molecular weight is 282 g/mol. The summed E-state index contributed by atoms with van der Waals surface area (Å²) >= 11 is 0. The van der Waals surface area contributed by atoms with Gasteiger partial charge in [-0.1, -0.05) is 6.08 Å². The van der Waals surface area contributed by atoms with E-state index in [1.165, 1.54) is 4.90 Å². The lowest BCUT2D eigenvalue weighted by atomic mass is 10.1. The van der Waals surface area contributed by atoms with Gasteiger partial charge in [-0.05, 0) is 18.1 Å². The summed E-state index contributed by atoms with van der Waals surface area (Å²) < 4.78 is 31.8. The van der Waals surface area contributed by atoms with E-state index in [0.717, 1.165) is 11.6 Å². The zero-order valence-electron chi connectivity index (χ0n) is 11.2. The van der Waals surface area contributed by atoms with Gasteiger partial charge >= 0.3 is 0 Å². The van der Waals surface area contributed by atoms with Crippen LogP contribution in [-0.4, -0.2) is 37.6 Å². The third-order valence-corrected chi connectivity index (χ3v) is 3.24. The van der Waals surface area contributed by atoms with Gasteiger partial charge in [0.2, 0.25) is 0 Å². The summed E-state index contributed by atoms with van der Waals surface area (Å²) in [4.78, 5) is 13.7. The number of nitrogens with two attached hydrogens (primary N) is 1. The molecule has 4 nitrogen and oxygen atoms in total. The molecule has 0 radical (unpaired) electrons. The predicted molar refractivity (Wildman–Crippen MR) is 71.2 cm³/mol. The number of anilines is 1. The summed E-state index contributed by atoms with van der Waals surface area (Å²) in [6.07, 6.45) is 2.56. The fraction of sp³-hybridized carbons (Fsp3) is 0.357. The number of hydrogen-bond donors (Lipinski definition) is 1. The Balaban J connectivity index is 2.15. The Labute approximate surface area is 115 Å². The second-order valence-electron chi connectivity index (χ2n) is 4.65. The van der Waals surface area contributed by atoms with Crippen molar-refractivity contribution in [3.05, 3.63) is 41.0 Å². The smallest absolute Gasteiger partial charge is 0.257 e. The van der Waals surface area contributed by atoms with Crippen LogP contribution < -0.4 is 5.73 Å². The highest BCUT2D eigenvalue weighted by molar-refractivity contribution is 5.95. The van der Waals surface area contributed by atoms with Crippen molar-refractivity contribution in [2.75, 3.05) is 32.5 Å². The predicted octanol–water partition coefficient (Wildman–Crippen LogP) is 1.97. The molecule has 0 saturated carbocycles. The highest BCUT2D eigenvalue weighted by Crippen LogP contribution is 2.20. The topological polar surface area (TPSA) is 55.6 Å². The molecule has 0 bridgehead atoms. The number of nitrogens with zero attached hydrogens (tertiary/aromatic N) is 1. The van der Waals surface area contributed by atoms with E-state index in [-0.39, 0.29) is 11.3 Å². The molecule has 0 spiro atoms. The fourth-order valence-corrected chi connectivity index (χ4v) is 2.11. The number of ether oxygens (including phenoxy) is 1. The zero-order chi connectivity index (χ0) is 14.7. The van der Waals surface area contributed by atoms with Crippen molar-refractivity contribution in [2.24, 2.45) is 0 Å². The van der Waals surface area contributed by atoms with Crippen LogP contribution in [0.3, 0.4) is 0 Å². The number of hydrogen-bond acceptors (Lipinski definition) is 3. The van der Waals surface area contributed by atoms with Crippen molar-refractivity contribution in [1.29, 1.82) is 0 Å². The molecular weight excluding hydrogens is 266 g/mol. The van der Waals surface area contributed by atoms with Crippen molar-refractivity contribution in [3.8, 4) is 0 Å². The molecule has 20 heavy (non-hydrogen) atoms. The second-order valence-corrected chi connectivity index (χ2v) is 4.65. The largest absolute Gasteiger partial charge is 0.396 e. The van der Waals surface area contributed by atoms with Crippen LogP contribution in [-0.2, 0) is 4.74 Å². The molecule has 1 heterocycles. The van der Waals surface area contributed by atoms with Gasteiger partial charge in [0.25, 0.3) is 5.91 Å². The molecule has 1 aromatic rings. The maximum Gasteiger partial charge on any atom is 0.257 e. The third kappa shape index (κ3) is 2.96. The molecule has 1 aromatic carbocycles. The molecule has 2 N–H and O–H groups in total. The first kappa shape index (κ1) is 14.5. The van der Waals surface area contributed by atoms with E-state index in [1.807, 2.05) is 6.08 Å². The van der Waals surface area contributed by atoms with E-state index in [2.05, 4.69) is 0 Å². The van der Waals surface area contributed by atoms with E-state index in [4.69, 9.17) is 10.5 Å². The van der Waals surface area contributed by atoms with Gasteiger partial charge in [-0.2, -0.15) is 0 Å². The number of rotatable bonds is 3.